The third-order valence-electron chi connectivity index (χ3n) is 2.19. The van der Waals surface area contributed by atoms with Gasteiger partial charge in [-0.15, -0.1) is 0 Å². The first-order chi connectivity index (χ1) is 8.66. The minimum atomic E-state index is -0.899. The van der Waals surface area contributed by atoms with Crippen molar-refractivity contribution in [3.63, 3.8) is 0 Å². The number of nitro groups is 1. The minimum absolute atomic E-state index is 0.379. The van der Waals surface area contributed by atoms with Crippen LogP contribution in [0.5, 0.6) is 0 Å². The molecule has 8 heteroatoms. The summed E-state index contributed by atoms with van der Waals surface area (Å²) >= 11 is 0. The standard InChI is InChI=1S/C10H10N6O2/c11-10(15-16(17)18)14-13-6-7-5-12-9-4-2-1-3-8(7)9/h1-6,12H,(H3,11,14,15). The highest BCUT2D eigenvalue weighted by Crippen LogP contribution is 2.15. The van der Waals surface area contributed by atoms with E-state index in [1.54, 1.807) is 6.20 Å². The third-order valence-corrected chi connectivity index (χ3v) is 2.19. The van der Waals surface area contributed by atoms with Crippen molar-refractivity contribution in [2.24, 2.45) is 15.9 Å². The maximum atomic E-state index is 10.0. The molecule has 0 unspecified atom stereocenters. The first-order valence-corrected chi connectivity index (χ1v) is 5.00. The molecule has 0 aliphatic rings. The molecule has 0 aliphatic carbocycles. The molecular formula is C10H10N6O2. The summed E-state index contributed by atoms with van der Waals surface area (Å²) in [5, 5.41) is 16.7. The predicted octanol–water partition coefficient (Wildman–Crippen LogP) is 0.598. The summed E-state index contributed by atoms with van der Waals surface area (Å²) in [6, 6.07) is 7.69. The molecule has 0 fully saturated rings. The van der Waals surface area contributed by atoms with Gasteiger partial charge in [-0.3, -0.25) is 0 Å². The van der Waals surface area contributed by atoms with Gasteiger partial charge in [-0.2, -0.15) is 5.10 Å². The number of nitrogens with zero attached hydrogens (tertiary/aromatic N) is 3. The Hall–Kier alpha value is -2.90. The Balaban J connectivity index is 2.12. The normalized spacial score (nSPS) is 12.1. The average molecular weight is 246 g/mol. The fraction of sp³-hybridized carbons (Fsp3) is 0. The van der Waals surface area contributed by atoms with Crippen molar-refractivity contribution in [1.29, 1.82) is 0 Å². The Labute approximate surface area is 101 Å². The molecule has 0 atom stereocenters. The lowest BCUT2D eigenvalue weighted by atomic mass is 10.2. The molecule has 0 spiro atoms. The summed E-state index contributed by atoms with van der Waals surface area (Å²) in [7, 11) is 0. The number of hydrazone groups is 2. The van der Waals surface area contributed by atoms with Crippen LogP contribution in [0.2, 0.25) is 0 Å². The molecule has 0 saturated carbocycles. The van der Waals surface area contributed by atoms with Crippen LogP contribution in [0.4, 0.5) is 0 Å². The Bertz CT molecular complexity index is 630. The molecule has 92 valence electrons. The molecule has 2 aromatic rings. The Kier molecular flexibility index (Phi) is 3.19. The summed E-state index contributed by atoms with van der Waals surface area (Å²) in [5.41, 5.74) is 9.28. The van der Waals surface area contributed by atoms with Crippen LogP contribution in [0.1, 0.15) is 5.56 Å². The molecule has 1 aromatic heterocycles. The number of nitrogens with one attached hydrogen (secondary N) is 2. The third kappa shape index (κ3) is 2.61. The van der Waals surface area contributed by atoms with E-state index in [-0.39, 0.29) is 5.96 Å². The fourth-order valence-corrected chi connectivity index (χ4v) is 1.48. The lowest BCUT2D eigenvalue weighted by molar-refractivity contribution is -0.485. The minimum Gasteiger partial charge on any atom is -0.363 e. The molecule has 1 heterocycles. The highest BCUT2D eigenvalue weighted by molar-refractivity contribution is 5.99. The van der Waals surface area contributed by atoms with Gasteiger partial charge in [-0.05, 0) is 6.07 Å². The lowest BCUT2D eigenvalue weighted by Gasteiger charge is -1.93. The van der Waals surface area contributed by atoms with Crippen LogP contribution in [0.25, 0.3) is 10.9 Å². The first kappa shape index (κ1) is 11.6. The second-order valence-electron chi connectivity index (χ2n) is 3.38. The Morgan fingerprint density at radius 3 is 3.06 bits per heavy atom. The average Bonchev–Trinajstić information content (AvgIpc) is 2.72. The number of benzene rings is 1. The van der Waals surface area contributed by atoms with Gasteiger partial charge in [0.25, 0.3) is 5.96 Å². The molecule has 0 radical (unpaired) electrons. The maximum Gasteiger partial charge on any atom is 0.286 e. The van der Waals surface area contributed by atoms with Gasteiger partial charge in [0.1, 0.15) is 5.10 Å². The van der Waals surface area contributed by atoms with Gasteiger partial charge >= 0.3 is 0 Å². The topological polar surface area (TPSA) is 122 Å². The summed E-state index contributed by atoms with van der Waals surface area (Å²) < 4.78 is 0. The molecule has 0 amide bonds. The smallest absolute Gasteiger partial charge is 0.286 e. The number of hydrogen-bond donors (Lipinski definition) is 3. The van der Waals surface area contributed by atoms with E-state index < -0.39 is 5.03 Å². The zero-order valence-corrected chi connectivity index (χ0v) is 9.20. The zero-order valence-electron chi connectivity index (χ0n) is 9.20. The highest BCUT2D eigenvalue weighted by Gasteiger charge is 2.00. The number of aromatic amines is 1. The number of guanidine groups is 1. The number of nitrogens with two attached hydrogens (primary N) is 1. The number of aromatic nitrogens is 1. The van der Waals surface area contributed by atoms with E-state index in [1.165, 1.54) is 6.21 Å². The summed E-state index contributed by atoms with van der Waals surface area (Å²) in [6.45, 7) is 0. The molecule has 4 N–H and O–H groups in total. The van der Waals surface area contributed by atoms with Crippen LogP contribution >= 0.6 is 0 Å². The predicted molar refractivity (Wildman–Crippen MR) is 67.6 cm³/mol. The Morgan fingerprint density at radius 1 is 1.50 bits per heavy atom. The van der Waals surface area contributed by atoms with Crippen molar-refractivity contribution in [3.05, 3.63) is 46.1 Å². The van der Waals surface area contributed by atoms with Crippen LogP contribution in [0.3, 0.4) is 0 Å². The van der Waals surface area contributed by atoms with Gasteiger partial charge < -0.3 is 10.7 Å². The van der Waals surface area contributed by atoms with Crippen LogP contribution in [-0.2, 0) is 0 Å². The van der Waals surface area contributed by atoms with Gasteiger partial charge in [-0.1, -0.05) is 18.2 Å². The van der Waals surface area contributed by atoms with Crippen LogP contribution in [0, 0.1) is 10.1 Å². The van der Waals surface area contributed by atoms with Crippen LogP contribution in [-0.4, -0.2) is 22.2 Å². The molecule has 0 saturated heterocycles. The van der Waals surface area contributed by atoms with E-state index in [9.17, 15) is 10.1 Å². The molecule has 0 aliphatic heterocycles. The number of fused-ring (bicyclic) bond motifs is 1. The van der Waals surface area contributed by atoms with Crippen molar-refractivity contribution in [2.75, 3.05) is 0 Å². The van der Waals surface area contributed by atoms with Crippen molar-refractivity contribution < 1.29 is 5.03 Å². The largest absolute Gasteiger partial charge is 0.363 e. The lowest BCUT2D eigenvalue weighted by Crippen LogP contribution is -2.28. The zero-order chi connectivity index (χ0) is 13.0. The number of H-pyrrole nitrogens is 1. The number of rotatable bonds is 3. The van der Waals surface area contributed by atoms with E-state index in [0.29, 0.717) is 0 Å². The quantitative estimate of drug-likeness (QED) is 0.317. The van der Waals surface area contributed by atoms with Gasteiger partial charge in [0, 0.05) is 22.7 Å². The van der Waals surface area contributed by atoms with Crippen LogP contribution < -0.4 is 11.2 Å². The van der Waals surface area contributed by atoms with Crippen molar-refractivity contribution >= 4 is 23.1 Å². The first-order valence-electron chi connectivity index (χ1n) is 5.00. The number of para-hydroxylation sites is 1. The maximum absolute atomic E-state index is 10.0. The molecule has 18 heavy (non-hydrogen) atoms. The van der Waals surface area contributed by atoms with E-state index >= 15 is 0 Å². The van der Waals surface area contributed by atoms with Crippen molar-refractivity contribution in [2.45, 2.75) is 0 Å². The van der Waals surface area contributed by atoms with Gasteiger partial charge in [0.15, 0.2) is 5.03 Å². The van der Waals surface area contributed by atoms with E-state index in [2.05, 4.69) is 20.6 Å². The summed E-state index contributed by atoms with van der Waals surface area (Å²) in [4.78, 5) is 13.1. The summed E-state index contributed by atoms with van der Waals surface area (Å²) in [6.07, 6.45) is 3.28. The molecule has 2 rings (SSSR count). The second kappa shape index (κ2) is 4.95. The van der Waals surface area contributed by atoms with Crippen molar-refractivity contribution in [1.82, 2.24) is 10.4 Å². The molecule has 8 nitrogen and oxygen atoms in total. The van der Waals surface area contributed by atoms with Crippen LogP contribution in [0.15, 0.2) is 40.7 Å². The summed E-state index contributed by atoms with van der Waals surface area (Å²) in [5.74, 6) is -0.379. The van der Waals surface area contributed by atoms with Gasteiger partial charge in [-0.25, -0.2) is 15.5 Å². The van der Waals surface area contributed by atoms with E-state index in [4.69, 9.17) is 5.73 Å². The van der Waals surface area contributed by atoms with Crippen molar-refractivity contribution in [3.8, 4) is 0 Å². The second-order valence-corrected chi connectivity index (χ2v) is 3.38. The molecular weight excluding hydrogens is 236 g/mol. The molecule has 1 aromatic carbocycles. The SMILES string of the molecule is N/C(=N/[N+](=O)[O-])NN=Cc1c[nH]c2ccccc12. The van der Waals surface area contributed by atoms with E-state index in [1.807, 2.05) is 24.3 Å². The van der Waals surface area contributed by atoms with E-state index in [0.717, 1.165) is 16.5 Å². The van der Waals surface area contributed by atoms with Gasteiger partial charge in [0.05, 0.1) is 6.21 Å². The monoisotopic (exact) mass is 246 g/mol. The number of hydrogen-bond acceptors (Lipinski definition) is 3. The fourth-order valence-electron chi connectivity index (χ4n) is 1.48. The molecule has 0 bridgehead atoms. The highest BCUT2D eigenvalue weighted by atomic mass is 16.7. The Morgan fingerprint density at radius 2 is 2.28 bits per heavy atom. The van der Waals surface area contributed by atoms with Gasteiger partial charge in [0.2, 0.25) is 0 Å².